The number of urea groups is 1. The molecule has 0 spiro atoms. The molecule has 1 saturated heterocycles. The maximum atomic E-state index is 12.9. The summed E-state index contributed by atoms with van der Waals surface area (Å²) in [4.78, 5) is 38.5. The Labute approximate surface area is 168 Å². The maximum absolute atomic E-state index is 12.9. The number of aryl methyl sites for hydroxylation is 1. The average Bonchev–Trinajstić information content (AvgIpc) is 2.86. The van der Waals surface area contributed by atoms with Crippen molar-refractivity contribution in [2.45, 2.75) is 32.2 Å². The molecule has 2 aromatic rings. The van der Waals surface area contributed by atoms with Crippen LogP contribution in [0.15, 0.2) is 48.5 Å². The summed E-state index contributed by atoms with van der Waals surface area (Å²) in [5.41, 5.74) is 1.16. The van der Waals surface area contributed by atoms with Gasteiger partial charge < -0.3 is 10.6 Å². The molecule has 0 aliphatic carbocycles. The molecule has 2 aromatic carbocycles. The lowest BCUT2D eigenvalue weighted by atomic mass is 9.91. The smallest absolute Gasteiger partial charge is 0.324 e. The first kappa shape index (κ1) is 19.9. The second-order valence-corrected chi connectivity index (χ2v) is 7.39. The van der Waals surface area contributed by atoms with E-state index in [4.69, 9.17) is 11.6 Å². The Balaban J connectivity index is 1.72. The third kappa shape index (κ3) is 4.02. The van der Waals surface area contributed by atoms with Crippen LogP contribution in [0.5, 0.6) is 0 Å². The number of hydrogen-bond donors (Lipinski definition) is 2. The Morgan fingerprint density at radius 1 is 1.18 bits per heavy atom. The minimum atomic E-state index is -1.20. The SMILES string of the molecule is CCCc1ccc([C@@]2(C)NC(=O)N(CC(=O)Nc3cccc(Cl)c3)C2=O)cc1. The number of rotatable bonds is 6. The minimum absolute atomic E-state index is 0.374. The number of benzene rings is 2. The number of carbonyl (C=O) groups excluding carboxylic acids is 3. The molecule has 0 aromatic heterocycles. The van der Waals surface area contributed by atoms with E-state index in [1.54, 1.807) is 31.2 Å². The fourth-order valence-corrected chi connectivity index (χ4v) is 3.43. The van der Waals surface area contributed by atoms with Gasteiger partial charge in [0.05, 0.1) is 0 Å². The van der Waals surface area contributed by atoms with Crippen LogP contribution in [0.3, 0.4) is 0 Å². The predicted octanol–water partition coefficient (Wildman–Crippen LogP) is 3.70. The normalized spacial score (nSPS) is 18.9. The van der Waals surface area contributed by atoms with Crippen molar-refractivity contribution in [3.63, 3.8) is 0 Å². The van der Waals surface area contributed by atoms with Gasteiger partial charge >= 0.3 is 6.03 Å². The van der Waals surface area contributed by atoms with Gasteiger partial charge in [-0.05, 0) is 42.7 Å². The molecule has 0 saturated carbocycles. The molecule has 1 aliphatic rings. The van der Waals surface area contributed by atoms with Crippen LogP contribution in [0.25, 0.3) is 0 Å². The second kappa shape index (κ2) is 8.02. The Morgan fingerprint density at radius 2 is 1.89 bits per heavy atom. The number of nitrogens with zero attached hydrogens (tertiary/aromatic N) is 1. The van der Waals surface area contributed by atoms with Crippen molar-refractivity contribution in [3.05, 3.63) is 64.7 Å². The van der Waals surface area contributed by atoms with E-state index in [0.29, 0.717) is 16.3 Å². The van der Waals surface area contributed by atoms with E-state index in [-0.39, 0.29) is 6.54 Å². The highest BCUT2D eigenvalue weighted by atomic mass is 35.5. The first-order valence-corrected chi connectivity index (χ1v) is 9.50. The molecule has 0 bridgehead atoms. The Morgan fingerprint density at radius 3 is 2.54 bits per heavy atom. The fraction of sp³-hybridized carbons (Fsp3) is 0.286. The number of nitrogens with one attached hydrogen (secondary N) is 2. The largest absolute Gasteiger partial charge is 0.325 e. The number of halogens is 1. The highest BCUT2D eigenvalue weighted by Crippen LogP contribution is 2.29. The van der Waals surface area contributed by atoms with Crippen LogP contribution in [-0.2, 0) is 21.5 Å². The first-order chi connectivity index (χ1) is 13.3. The monoisotopic (exact) mass is 399 g/mol. The quantitative estimate of drug-likeness (QED) is 0.727. The lowest BCUT2D eigenvalue weighted by Crippen LogP contribution is -2.42. The van der Waals surface area contributed by atoms with Crippen LogP contribution >= 0.6 is 11.6 Å². The lowest BCUT2D eigenvalue weighted by Gasteiger charge is -2.22. The van der Waals surface area contributed by atoms with Gasteiger partial charge in [0, 0.05) is 10.7 Å². The van der Waals surface area contributed by atoms with Gasteiger partial charge in [0.2, 0.25) is 5.91 Å². The van der Waals surface area contributed by atoms with E-state index in [2.05, 4.69) is 17.6 Å². The van der Waals surface area contributed by atoms with Crippen LogP contribution in [0.2, 0.25) is 5.02 Å². The summed E-state index contributed by atoms with van der Waals surface area (Å²) in [6.45, 7) is 3.37. The summed E-state index contributed by atoms with van der Waals surface area (Å²) in [7, 11) is 0. The molecule has 0 radical (unpaired) electrons. The van der Waals surface area contributed by atoms with Gasteiger partial charge in [0.25, 0.3) is 5.91 Å². The second-order valence-electron chi connectivity index (χ2n) is 6.95. The summed E-state index contributed by atoms with van der Waals surface area (Å²) < 4.78 is 0. The third-order valence-corrected chi connectivity index (χ3v) is 4.99. The van der Waals surface area contributed by atoms with E-state index in [9.17, 15) is 14.4 Å². The van der Waals surface area contributed by atoms with Gasteiger partial charge in [-0.15, -0.1) is 0 Å². The zero-order chi connectivity index (χ0) is 20.3. The van der Waals surface area contributed by atoms with Crippen molar-refractivity contribution in [1.82, 2.24) is 10.2 Å². The van der Waals surface area contributed by atoms with E-state index >= 15 is 0 Å². The molecule has 7 heteroatoms. The number of anilines is 1. The minimum Gasteiger partial charge on any atom is -0.324 e. The number of carbonyl (C=O) groups is 3. The molecular weight excluding hydrogens is 378 g/mol. The molecule has 2 N–H and O–H groups in total. The summed E-state index contributed by atoms with van der Waals surface area (Å²) in [5, 5.41) is 5.83. The number of hydrogen-bond acceptors (Lipinski definition) is 3. The Bertz CT molecular complexity index is 913. The van der Waals surface area contributed by atoms with Crippen molar-refractivity contribution in [2.24, 2.45) is 0 Å². The Hall–Kier alpha value is -2.86. The first-order valence-electron chi connectivity index (χ1n) is 9.12. The van der Waals surface area contributed by atoms with Gasteiger partial charge in [-0.1, -0.05) is 55.3 Å². The van der Waals surface area contributed by atoms with Crippen molar-refractivity contribution in [1.29, 1.82) is 0 Å². The van der Waals surface area contributed by atoms with Gasteiger partial charge in [0.1, 0.15) is 12.1 Å². The van der Waals surface area contributed by atoms with Gasteiger partial charge in [-0.3, -0.25) is 14.5 Å². The number of amides is 4. The molecule has 1 fully saturated rings. The molecule has 28 heavy (non-hydrogen) atoms. The van der Waals surface area contributed by atoms with E-state index < -0.39 is 23.4 Å². The van der Waals surface area contributed by atoms with Crippen molar-refractivity contribution in [2.75, 3.05) is 11.9 Å². The van der Waals surface area contributed by atoms with Crippen molar-refractivity contribution < 1.29 is 14.4 Å². The average molecular weight is 400 g/mol. The van der Waals surface area contributed by atoms with E-state index in [1.807, 2.05) is 24.3 Å². The molecule has 146 valence electrons. The van der Waals surface area contributed by atoms with Crippen LogP contribution in [-0.4, -0.2) is 29.3 Å². The topological polar surface area (TPSA) is 78.5 Å². The molecule has 3 rings (SSSR count). The highest BCUT2D eigenvalue weighted by Gasteiger charge is 2.49. The summed E-state index contributed by atoms with van der Waals surface area (Å²) in [5.74, 6) is -0.935. The zero-order valence-electron chi connectivity index (χ0n) is 15.8. The molecular formula is C21H22ClN3O3. The fourth-order valence-electron chi connectivity index (χ4n) is 3.24. The van der Waals surface area contributed by atoms with Crippen molar-refractivity contribution in [3.8, 4) is 0 Å². The van der Waals surface area contributed by atoms with Gasteiger partial charge in [0.15, 0.2) is 0 Å². The van der Waals surface area contributed by atoms with Gasteiger partial charge in [-0.25, -0.2) is 4.79 Å². The van der Waals surface area contributed by atoms with Crippen molar-refractivity contribution >= 4 is 35.1 Å². The highest BCUT2D eigenvalue weighted by molar-refractivity contribution is 6.30. The zero-order valence-corrected chi connectivity index (χ0v) is 16.5. The molecule has 1 heterocycles. The van der Waals surface area contributed by atoms with Crippen LogP contribution in [0.1, 0.15) is 31.4 Å². The van der Waals surface area contributed by atoms with E-state index in [1.165, 1.54) is 5.56 Å². The molecule has 1 atom stereocenters. The molecule has 0 unspecified atom stereocenters. The Kier molecular flexibility index (Phi) is 5.70. The predicted molar refractivity (Wildman–Crippen MR) is 108 cm³/mol. The summed E-state index contributed by atoms with van der Waals surface area (Å²) in [6, 6.07) is 13.7. The maximum Gasteiger partial charge on any atom is 0.325 e. The summed E-state index contributed by atoms with van der Waals surface area (Å²) in [6.07, 6.45) is 1.98. The van der Waals surface area contributed by atoms with Crippen LogP contribution in [0.4, 0.5) is 10.5 Å². The standard InChI is InChI=1S/C21H22ClN3O3/c1-3-5-14-8-10-15(11-9-14)21(2)19(27)25(20(28)24-21)13-18(26)23-17-7-4-6-16(22)12-17/h4,6-12H,3,5,13H2,1-2H3,(H,23,26)(H,24,28)/t21-/m1/s1. The van der Waals surface area contributed by atoms with Crippen LogP contribution < -0.4 is 10.6 Å². The number of imide groups is 1. The van der Waals surface area contributed by atoms with E-state index in [0.717, 1.165) is 17.7 Å². The molecule has 6 nitrogen and oxygen atoms in total. The molecule has 4 amide bonds. The van der Waals surface area contributed by atoms with Gasteiger partial charge in [-0.2, -0.15) is 0 Å². The summed E-state index contributed by atoms with van der Waals surface area (Å²) >= 11 is 5.90. The third-order valence-electron chi connectivity index (χ3n) is 4.76. The van der Waals surface area contributed by atoms with Crippen LogP contribution in [0, 0.1) is 0 Å². The lowest BCUT2D eigenvalue weighted by molar-refractivity contribution is -0.133. The molecule has 1 aliphatic heterocycles.